The van der Waals surface area contributed by atoms with E-state index in [1.165, 1.54) is 6.33 Å². The summed E-state index contributed by atoms with van der Waals surface area (Å²) in [6.45, 7) is 0. The van der Waals surface area contributed by atoms with Crippen molar-refractivity contribution in [3.8, 4) is 0 Å². The monoisotopic (exact) mass is 248 g/mol. The summed E-state index contributed by atoms with van der Waals surface area (Å²) < 4.78 is 1.62. The number of aromatic nitrogens is 2. The molecule has 0 fully saturated rings. The Labute approximate surface area is 71.7 Å². The SMILES string of the molecule is Nc1ncncc1/N=C\I. The first kappa shape index (κ1) is 7.39. The minimum absolute atomic E-state index is 0.405. The lowest BCUT2D eigenvalue weighted by atomic mass is 10.5. The second-order valence-electron chi connectivity index (χ2n) is 1.52. The summed E-state index contributed by atoms with van der Waals surface area (Å²) >= 11 is 2.00. The van der Waals surface area contributed by atoms with E-state index in [-0.39, 0.29) is 0 Å². The smallest absolute Gasteiger partial charge is 0.152 e. The third-order valence-electron chi connectivity index (χ3n) is 0.911. The van der Waals surface area contributed by atoms with Crippen molar-refractivity contribution in [1.82, 2.24) is 9.97 Å². The molecule has 0 aliphatic carbocycles. The van der Waals surface area contributed by atoms with Gasteiger partial charge in [-0.2, -0.15) is 0 Å². The average Bonchev–Trinajstić information content (AvgIpc) is 1.94. The molecule has 1 aromatic rings. The molecule has 5 heteroatoms. The van der Waals surface area contributed by atoms with E-state index in [4.69, 9.17) is 5.73 Å². The number of hydrogen-bond donors (Lipinski definition) is 1. The molecule has 1 aromatic heterocycles. The van der Waals surface area contributed by atoms with Crippen molar-refractivity contribution in [2.24, 2.45) is 4.99 Å². The third kappa shape index (κ3) is 1.63. The van der Waals surface area contributed by atoms with Crippen molar-refractivity contribution in [3.63, 3.8) is 0 Å². The van der Waals surface area contributed by atoms with Crippen molar-refractivity contribution < 1.29 is 0 Å². The lowest BCUT2D eigenvalue weighted by Gasteiger charge is -1.93. The molecular formula is C5H5IN4. The van der Waals surface area contributed by atoms with Gasteiger partial charge in [0.25, 0.3) is 0 Å². The Balaban J connectivity index is 3.03. The summed E-state index contributed by atoms with van der Waals surface area (Å²) in [6.07, 6.45) is 2.96. The van der Waals surface area contributed by atoms with E-state index in [2.05, 4.69) is 15.0 Å². The van der Waals surface area contributed by atoms with Gasteiger partial charge in [-0.15, -0.1) is 0 Å². The van der Waals surface area contributed by atoms with Crippen LogP contribution in [0.5, 0.6) is 0 Å². The van der Waals surface area contributed by atoms with Crippen LogP contribution in [0.25, 0.3) is 0 Å². The number of nitrogens with zero attached hydrogens (tertiary/aromatic N) is 3. The van der Waals surface area contributed by atoms with Gasteiger partial charge in [0, 0.05) is 0 Å². The van der Waals surface area contributed by atoms with Crippen molar-refractivity contribution in [1.29, 1.82) is 0 Å². The van der Waals surface area contributed by atoms with E-state index < -0.39 is 0 Å². The summed E-state index contributed by atoms with van der Waals surface area (Å²) in [5.41, 5.74) is 6.05. The molecule has 0 saturated heterocycles. The molecular weight excluding hydrogens is 243 g/mol. The Morgan fingerprint density at radius 2 is 2.50 bits per heavy atom. The van der Waals surface area contributed by atoms with Crippen LogP contribution in [0.2, 0.25) is 0 Å². The molecule has 4 nitrogen and oxygen atoms in total. The van der Waals surface area contributed by atoms with E-state index >= 15 is 0 Å². The highest BCUT2D eigenvalue weighted by atomic mass is 127. The first-order valence-corrected chi connectivity index (χ1v) is 3.77. The normalized spacial score (nSPS) is 10.5. The zero-order valence-electron chi connectivity index (χ0n) is 5.03. The van der Waals surface area contributed by atoms with Gasteiger partial charge in [-0.05, 0) is 22.6 Å². The second-order valence-corrected chi connectivity index (χ2v) is 2.08. The molecule has 10 heavy (non-hydrogen) atoms. The van der Waals surface area contributed by atoms with Gasteiger partial charge < -0.3 is 5.73 Å². The standard InChI is InChI=1S/C5H5IN4/c6-2-9-4-1-8-3-10-5(4)7/h1-3H,(H2,7,8,10)/b9-2-. The number of nitrogens with two attached hydrogens (primary N) is 1. The van der Waals surface area contributed by atoms with Gasteiger partial charge in [-0.25, -0.2) is 15.0 Å². The molecule has 0 amide bonds. The summed E-state index contributed by atoms with van der Waals surface area (Å²) in [7, 11) is 0. The second kappa shape index (κ2) is 3.45. The van der Waals surface area contributed by atoms with Gasteiger partial charge in [-0.1, -0.05) is 0 Å². The molecule has 0 radical (unpaired) electrons. The maximum Gasteiger partial charge on any atom is 0.152 e. The molecule has 0 aliphatic heterocycles. The maximum absolute atomic E-state index is 5.44. The molecule has 0 saturated carbocycles. The Hall–Kier alpha value is -0.720. The van der Waals surface area contributed by atoms with Gasteiger partial charge in [0.05, 0.1) is 10.4 Å². The molecule has 0 bridgehead atoms. The molecule has 0 aromatic carbocycles. The Morgan fingerprint density at radius 1 is 1.70 bits per heavy atom. The number of halogens is 1. The zero-order valence-corrected chi connectivity index (χ0v) is 7.19. The van der Waals surface area contributed by atoms with Crippen LogP contribution in [0.3, 0.4) is 0 Å². The minimum atomic E-state index is 0.405. The average molecular weight is 248 g/mol. The molecule has 0 atom stereocenters. The number of nitrogen functional groups attached to an aromatic ring is 1. The summed E-state index contributed by atoms with van der Waals surface area (Å²) in [6, 6.07) is 0. The number of aliphatic imine (C=N–C) groups is 1. The highest BCUT2D eigenvalue weighted by molar-refractivity contribution is 14.1. The van der Waals surface area contributed by atoms with Gasteiger partial charge in [0.2, 0.25) is 0 Å². The van der Waals surface area contributed by atoms with Gasteiger partial charge in [0.1, 0.15) is 12.0 Å². The summed E-state index contributed by atoms with van der Waals surface area (Å²) in [5.74, 6) is 0.405. The van der Waals surface area contributed by atoms with Crippen molar-refractivity contribution >= 4 is 38.3 Å². The number of anilines is 1. The first-order chi connectivity index (χ1) is 4.84. The largest absolute Gasteiger partial charge is 0.382 e. The maximum atomic E-state index is 5.44. The van der Waals surface area contributed by atoms with Crippen LogP contribution in [0.15, 0.2) is 17.5 Å². The van der Waals surface area contributed by atoms with Crippen LogP contribution < -0.4 is 5.73 Å². The summed E-state index contributed by atoms with van der Waals surface area (Å²) in [5, 5.41) is 0. The van der Waals surface area contributed by atoms with Gasteiger partial charge in [-0.3, -0.25) is 0 Å². The lowest BCUT2D eigenvalue weighted by Crippen LogP contribution is -1.89. The Kier molecular flexibility index (Phi) is 2.55. The van der Waals surface area contributed by atoms with Crippen LogP contribution >= 0.6 is 22.6 Å². The van der Waals surface area contributed by atoms with E-state index in [0.717, 1.165) is 0 Å². The van der Waals surface area contributed by atoms with Crippen molar-refractivity contribution in [3.05, 3.63) is 12.5 Å². The van der Waals surface area contributed by atoms with E-state index in [1.54, 1.807) is 10.4 Å². The Bertz CT molecular complexity index is 247. The molecule has 1 heterocycles. The van der Waals surface area contributed by atoms with Crippen LogP contribution in [-0.4, -0.2) is 14.2 Å². The van der Waals surface area contributed by atoms with Crippen LogP contribution in [0, 0.1) is 0 Å². The van der Waals surface area contributed by atoms with Gasteiger partial charge >= 0.3 is 0 Å². The first-order valence-electron chi connectivity index (χ1n) is 2.53. The molecule has 1 rings (SSSR count). The van der Waals surface area contributed by atoms with Crippen molar-refractivity contribution in [2.45, 2.75) is 0 Å². The quantitative estimate of drug-likeness (QED) is 0.599. The van der Waals surface area contributed by atoms with E-state index in [9.17, 15) is 0 Å². The van der Waals surface area contributed by atoms with E-state index in [1.807, 2.05) is 22.6 Å². The molecule has 52 valence electrons. The van der Waals surface area contributed by atoms with Crippen LogP contribution in [-0.2, 0) is 0 Å². The number of hydrogen-bond acceptors (Lipinski definition) is 4. The molecule has 0 aliphatic rings. The van der Waals surface area contributed by atoms with Gasteiger partial charge in [0.15, 0.2) is 5.82 Å². The highest BCUT2D eigenvalue weighted by Gasteiger charge is 1.93. The lowest BCUT2D eigenvalue weighted by molar-refractivity contribution is 1.17. The van der Waals surface area contributed by atoms with E-state index in [0.29, 0.717) is 11.5 Å². The fraction of sp³-hybridized carbons (Fsp3) is 0. The fourth-order valence-corrected chi connectivity index (χ4v) is 0.784. The fourth-order valence-electron chi connectivity index (χ4n) is 0.484. The molecule has 0 spiro atoms. The highest BCUT2D eigenvalue weighted by Crippen LogP contribution is 2.15. The topological polar surface area (TPSA) is 64.2 Å². The molecule has 2 N–H and O–H groups in total. The van der Waals surface area contributed by atoms with Crippen LogP contribution in [0.1, 0.15) is 0 Å². The predicted molar refractivity (Wildman–Crippen MR) is 48.6 cm³/mol. The van der Waals surface area contributed by atoms with Crippen molar-refractivity contribution in [2.75, 3.05) is 5.73 Å². The zero-order chi connectivity index (χ0) is 7.40. The van der Waals surface area contributed by atoms with Crippen LogP contribution in [0.4, 0.5) is 11.5 Å². The summed E-state index contributed by atoms with van der Waals surface area (Å²) in [4.78, 5) is 11.4. The third-order valence-corrected chi connectivity index (χ3v) is 1.19. The number of rotatable bonds is 1. The predicted octanol–water partition coefficient (Wildman–Crippen LogP) is 1.15. The molecule has 0 unspecified atom stereocenters. The Morgan fingerprint density at radius 3 is 3.10 bits per heavy atom. The minimum Gasteiger partial charge on any atom is -0.382 e.